The third-order valence-electron chi connectivity index (χ3n) is 4.13. The van der Waals surface area contributed by atoms with Crippen molar-refractivity contribution in [3.63, 3.8) is 0 Å². The molecular formula is C18H21NO5S. The Labute approximate surface area is 147 Å². The van der Waals surface area contributed by atoms with Crippen LogP contribution in [0.1, 0.15) is 22.8 Å². The Kier molecular flexibility index (Phi) is 6.66. The predicted octanol–water partition coefficient (Wildman–Crippen LogP) is 3.23. The molecule has 0 aliphatic carbocycles. The van der Waals surface area contributed by atoms with E-state index >= 15 is 0 Å². The molecule has 2 aromatic carbocycles. The molecule has 0 aliphatic heterocycles. The van der Waals surface area contributed by atoms with Crippen LogP contribution in [-0.2, 0) is 20.7 Å². The first kappa shape index (κ1) is 19.1. The van der Waals surface area contributed by atoms with E-state index in [1.165, 1.54) is 0 Å². The van der Waals surface area contributed by atoms with Gasteiger partial charge in [-0.1, -0.05) is 60.7 Å². The fraction of sp³-hybridized carbons (Fsp3) is 0.333. The Morgan fingerprint density at radius 1 is 1.04 bits per heavy atom. The summed E-state index contributed by atoms with van der Waals surface area (Å²) in [6, 6.07) is 18.0. The van der Waals surface area contributed by atoms with Crippen LogP contribution in [-0.4, -0.2) is 27.0 Å². The van der Waals surface area contributed by atoms with Crippen molar-refractivity contribution in [2.24, 2.45) is 5.92 Å². The van der Waals surface area contributed by atoms with Crippen LogP contribution in [0.3, 0.4) is 0 Å². The van der Waals surface area contributed by atoms with E-state index in [2.05, 4.69) is 0 Å². The zero-order valence-electron chi connectivity index (χ0n) is 13.9. The summed E-state index contributed by atoms with van der Waals surface area (Å²) in [7, 11) is -2.88. The molecule has 2 aromatic rings. The molecule has 0 saturated heterocycles. The van der Waals surface area contributed by atoms with Crippen molar-refractivity contribution < 1.29 is 17.5 Å². The van der Waals surface area contributed by atoms with E-state index in [1.807, 2.05) is 30.3 Å². The minimum atomic E-state index is -3.97. The molecule has 0 unspecified atom stereocenters. The summed E-state index contributed by atoms with van der Waals surface area (Å²) < 4.78 is 29.7. The first-order valence-electron chi connectivity index (χ1n) is 7.94. The van der Waals surface area contributed by atoms with Gasteiger partial charge in [0.05, 0.1) is 7.11 Å². The van der Waals surface area contributed by atoms with Crippen LogP contribution in [0.4, 0.5) is 0 Å². The largest absolute Gasteiger partial charge is 0.274 e. The molecular weight excluding hydrogens is 342 g/mol. The first-order valence-corrected chi connectivity index (χ1v) is 9.41. The number of hydrogen-bond donors (Lipinski definition) is 0. The van der Waals surface area contributed by atoms with E-state index in [-0.39, 0.29) is 0 Å². The number of nitro groups is 1. The van der Waals surface area contributed by atoms with E-state index in [9.17, 15) is 18.5 Å². The van der Waals surface area contributed by atoms with Gasteiger partial charge in [-0.05, 0) is 24.0 Å². The second-order valence-corrected chi connectivity index (χ2v) is 7.62. The molecule has 0 aromatic heterocycles. The molecule has 6 nitrogen and oxygen atoms in total. The highest BCUT2D eigenvalue weighted by molar-refractivity contribution is 7.87. The van der Waals surface area contributed by atoms with Crippen LogP contribution in [0, 0.1) is 16.0 Å². The van der Waals surface area contributed by atoms with Crippen LogP contribution < -0.4 is 0 Å². The molecule has 0 bridgehead atoms. The molecule has 7 heteroatoms. The second kappa shape index (κ2) is 8.73. The minimum Gasteiger partial charge on any atom is -0.273 e. The first-order chi connectivity index (χ1) is 11.9. The van der Waals surface area contributed by atoms with Crippen molar-refractivity contribution in [2.45, 2.75) is 18.1 Å². The van der Waals surface area contributed by atoms with Crippen molar-refractivity contribution in [2.75, 3.05) is 13.7 Å². The Balaban J connectivity index is 2.34. The molecule has 2 rings (SSSR count). The van der Waals surface area contributed by atoms with Gasteiger partial charge in [0.1, 0.15) is 5.25 Å². The van der Waals surface area contributed by atoms with Crippen molar-refractivity contribution in [3.05, 3.63) is 81.9 Å². The van der Waals surface area contributed by atoms with Crippen LogP contribution >= 0.6 is 0 Å². The zero-order valence-corrected chi connectivity index (χ0v) is 14.8. The maximum absolute atomic E-state index is 12.5. The molecule has 0 heterocycles. The average Bonchev–Trinajstić information content (AvgIpc) is 2.61. The topological polar surface area (TPSA) is 86.5 Å². The number of rotatable bonds is 9. The highest BCUT2D eigenvalue weighted by atomic mass is 32.2. The van der Waals surface area contributed by atoms with E-state index in [1.54, 1.807) is 30.3 Å². The smallest absolute Gasteiger partial charge is 0.273 e. The maximum Gasteiger partial charge on any atom is 0.274 e. The van der Waals surface area contributed by atoms with Gasteiger partial charge in [0.15, 0.2) is 0 Å². The Bertz CT molecular complexity index is 778. The van der Waals surface area contributed by atoms with Crippen LogP contribution in [0.5, 0.6) is 0 Å². The van der Waals surface area contributed by atoms with E-state index in [0.717, 1.165) is 12.7 Å². The molecule has 134 valence electrons. The maximum atomic E-state index is 12.5. The monoisotopic (exact) mass is 363 g/mol. The van der Waals surface area contributed by atoms with Gasteiger partial charge in [-0.15, -0.1) is 0 Å². The van der Waals surface area contributed by atoms with Gasteiger partial charge in [-0.3, -0.25) is 14.3 Å². The fourth-order valence-electron chi connectivity index (χ4n) is 2.95. The van der Waals surface area contributed by atoms with Gasteiger partial charge in [0.25, 0.3) is 10.1 Å². The molecule has 0 amide bonds. The standard InChI is InChI=1S/C18H21NO5S/c1-24-25(22,23)18(16-10-6-3-7-11-16)17(14-19(20)21)13-12-15-8-4-2-5-9-15/h2-11,17-18H,12-14H2,1H3/t17-,18+/m1/s1. The summed E-state index contributed by atoms with van der Waals surface area (Å²) in [6.45, 7) is -0.436. The van der Waals surface area contributed by atoms with E-state index < -0.39 is 32.8 Å². The van der Waals surface area contributed by atoms with Crippen molar-refractivity contribution in [3.8, 4) is 0 Å². The van der Waals surface area contributed by atoms with Gasteiger partial charge in [-0.2, -0.15) is 8.42 Å². The van der Waals surface area contributed by atoms with Gasteiger partial charge < -0.3 is 0 Å². The fourth-order valence-corrected chi connectivity index (χ4v) is 4.34. The van der Waals surface area contributed by atoms with E-state index in [4.69, 9.17) is 4.18 Å². The SMILES string of the molecule is COS(=O)(=O)[C@@H](c1ccccc1)[C@H](CCc1ccccc1)C[N+](=O)[O-]. The van der Waals surface area contributed by atoms with Gasteiger partial charge >= 0.3 is 0 Å². The molecule has 25 heavy (non-hydrogen) atoms. The summed E-state index contributed by atoms with van der Waals surface area (Å²) in [6.07, 6.45) is 0.926. The predicted molar refractivity (Wildman–Crippen MR) is 95.2 cm³/mol. The highest BCUT2D eigenvalue weighted by Crippen LogP contribution is 2.34. The molecule has 0 radical (unpaired) electrons. The van der Waals surface area contributed by atoms with E-state index in [0.29, 0.717) is 18.4 Å². The summed E-state index contributed by atoms with van der Waals surface area (Å²) in [5.74, 6) is -0.692. The average molecular weight is 363 g/mol. The molecule has 0 saturated carbocycles. The number of benzene rings is 2. The molecule has 0 N–H and O–H groups in total. The van der Waals surface area contributed by atoms with Crippen LogP contribution in [0.2, 0.25) is 0 Å². The van der Waals surface area contributed by atoms with Gasteiger partial charge in [0, 0.05) is 10.8 Å². The number of aryl methyl sites for hydroxylation is 1. The van der Waals surface area contributed by atoms with Crippen LogP contribution in [0.25, 0.3) is 0 Å². The quantitative estimate of drug-likeness (QED) is 0.388. The number of nitrogens with zero attached hydrogens (tertiary/aromatic N) is 1. The second-order valence-electron chi connectivity index (χ2n) is 5.79. The van der Waals surface area contributed by atoms with Gasteiger partial charge in [0.2, 0.25) is 6.54 Å². The van der Waals surface area contributed by atoms with Crippen molar-refractivity contribution >= 4 is 10.1 Å². The molecule has 0 fully saturated rings. The molecule has 2 atom stereocenters. The Hall–Kier alpha value is -2.25. The lowest BCUT2D eigenvalue weighted by molar-refractivity contribution is -0.488. The molecule has 0 aliphatic rings. The summed E-state index contributed by atoms with van der Waals surface area (Å²) in [4.78, 5) is 10.7. The zero-order chi connectivity index (χ0) is 18.3. The number of hydrogen-bond acceptors (Lipinski definition) is 5. The summed E-state index contributed by atoms with van der Waals surface area (Å²) >= 11 is 0. The molecule has 0 spiro atoms. The lowest BCUT2D eigenvalue weighted by Gasteiger charge is -2.24. The summed E-state index contributed by atoms with van der Waals surface area (Å²) in [5.41, 5.74) is 1.52. The normalized spacial score (nSPS) is 14.0. The van der Waals surface area contributed by atoms with Crippen molar-refractivity contribution in [1.82, 2.24) is 0 Å². The lowest BCUT2D eigenvalue weighted by atomic mass is 9.92. The Morgan fingerprint density at radius 3 is 2.12 bits per heavy atom. The van der Waals surface area contributed by atoms with Crippen LogP contribution in [0.15, 0.2) is 60.7 Å². The lowest BCUT2D eigenvalue weighted by Crippen LogP contribution is -2.29. The minimum absolute atomic E-state index is 0.368. The third-order valence-corrected chi connectivity index (χ3v) is 5.87. The highest BCUT2D eigenvalue weighted by Gasteiger charge is 2.37. The van der Waals surface area contributed by atoms with Crippen molar-refractivity contribution in [1.29, 1.82) is 0 Å². The Morgan fingerprint density at radius 2 is 1.60 bits per heavy atom. The van der Waals surface area contributed by atoms with Gasteiger partial charge in [-0.25, -0.2) is 0 Å². The summed E-state index contributed by atoms with van der Waals surface area (Å²) in [5, 5.41) is 10.1. The third kappa shape index (κ3) is 5.37.